The van der Waals surface area contributed by atoms with Crippen molar-refractivity contribution in [3.05, 3.63) is 86.8 Å². The van der Waals surface area contributed by atoms with Crippen molar-refractivity contribution in [3.8, 4) is 0 Å². The second kappa shape index (κ2) is 8.70. The molecule has 33 heavy (non-hydrogen) atoms. The van der Waals surface area contributed by atoms with Crippen LogP contribution in [-0.4, -0.2) is 18.9 Å². The maximum atomic E-state index is 13.4. The number of nitrogens with two attached hydrogens (primary N) is 1. The van der Waals surface area contributed by atoms with Gasteiger partial charge in [-0.05, 0) is 48.7 Å². The van der Waals surface area contributed by atoms with Crippen molar-refractivity contribution in [1.29, 1.82) is 0 Å². The van der Waals surface area contributed by atoms with Gasteiger partial charge in [-0.3, -0.25) is 9.69 Å². The smallest absolute Gasteiger partial charge is 0.416 e. The maximum absolute atomic E-state index is 13.4. The number of ether oxygens (including phenoxy) is 1. The van der Waals surface area contributed by atoms with Crippen molar-refractivity contribution >= 4 is 33.4 Å². The van der Waals surface area contributed by atoms with Gasteiger partial charge in [0.2, 0.25) is 0 Å². The van der Waals surface area contributed by atoms with Gasteiger partial charge in [-0.2, -0.15) is 13.2 Å². The highest BCUT2D eigenvalue weighted by Crippen LogP contribution is 2.47. The van der Waals surface area contributed by atoms with Gasteiger partial charge in [0.15, 0.2) is 5.78 Å². The molecule has 9 heteroatoms. The number of hydrogen-bond acceptors (Lipinski definition) is 5. The minimum Gasteiger partial charge on any atom is -0.466 e. The highest BCUT2D eigenvalue weighted by atomic mass is 79.9. The van der Waals surface area contributed by atoms with Gasteiger partial charge in [0.25, 0.3) is 0 Å². The molecular weight excluding hydrogens is 501 g/mol. The number of allylic oxidation sites excluding steroid dienone is 2. The molecular formula is C24H20BrF3N2O3. The van der Waals surface area contributed by atoms with Crippen LogP contribution in [0, 0.1) is 0 Å². The van der Waals surface area contributed by atoms with Crippen molar-refractivity contribution in [2.24, 2.45) is 5.73 Å². The fraction of sp³-hybridized carbons (Fsp3) is 0.250. The molecule has 0 unspecified atom stereocenters. The lowest BCUT2D eigenvalue weighted by Crippen LogP contribution is -2.41. The van der Waals surface area contributed by atoms with Gasteiger partial charge >= 0.3 is 12.1 Å². The largest absolute Gasteiger partial charge is 0.466 e. The second-order valence-corrected chi connectivity index (χ2v) is 8.71. The van der Waals surface area contributed by atoms with Crippen LogP contribution in [0.25, 0.3) is 0 Å². The number of rotatable bonds is 3. The van der Waals surface area contributed by atoms with E-state index < -0.39 is 23.6 Å². The van der Waals surface area contributed by atoms with E-state index in [4.69, 9.17) is 10.5 Å². The number of carbonyl (C=O) groups is 2. The fourth-order valence-electron chi connectivity index (χ4n) is 4.40. The first-order chi connectivity index (χ1) is 15.6. The van der Waals surface area contributed by atoms with E-state index in [0.717, 1.165) is 16.6 Å². The summed E-state index contributed by atoms with van der Waals surface area (Å²) in [5, 5.41) is 0. The van der Waals surface area contributed by atoms with Crippen molar-refractivity contribution in [2.75, 3.05) is 12.0 Å². The highest BCUT2D eigenvalue weighted by molar-refractivity contribution is 9.10. The molecule has 0 spiro atoms. The van der Waals surface area contributed by atoms with Gasteiger partial charge in [-0.1, -0.05) is 34.1 Å². The van der Waals surface area contributed by atoms with Crippen LogP contribution in [0.1, 0.15) is 36.3 Å². The first-order valence-electron chi connectivity index (χ1n) is 10.2. The molecule has 172 valence electrons. The fourth-order valence-corrected chi connectivity index (χ4v) is 4.67. The third-order valence-corrected chi connectivity index (χ3v) is 6.36. The SMILES string of the molecule is COC(=O)C1=C(N)N(c2cccc(C(F)(F)F)c2)C2=C(C(=O)CCC2)[C@@H]1c1ccc(Br)cc1. The van der Waals surface area contributed by atoms with Crippen molar-refractivity contribution in [3.63, 3.8) is 0 Å². The summed E-state index contributed by atoms with van der Waals surface area (Å²) in [6.45, 7) is 0. The molecule has 2 aromatic carbocycles. The number of benzene rings is 2. The molecule has 0 fully saturated rings. The molecule has 4 rings (SSSR count). The zero-order valence-electron chi connectivity index (χ0n) is 17.6. The number of halogens is 4. The Morgan fingerprint density at radius 2 is 1.85 bits per heavy atom. The molecule has 0 aromatic heterocycles. The Bertz CT molecular complexity index is 1190. The normalized spacial score (nSPS) is 19.0. The van der Waals surface area contributed by atoms with E-state index in [0.29, 0.717) is 29.7 Å². The van der Waals surface area contributed by atoms with Crippen LogP contribution in [-0.2, 0) is 20.5 Å². The summed E-state index contributed by atoms with van der Waals surface area (Å²) in [6.07, 6.45) is -3.33. The van der Waals surface area contributed by atoms with E-state index in [1.807, 2.05) is 0 Å². The van der Waals surface area contributed by atoms with Gasteiger partial charge in [-0.15, -0.1) is 0 Å². The maximum Gasteiger partial charge on any atom is 0.416 e. The van der Waals surface area contributed by atoms with Crippen LogP contribution >= 0.6 is 15.9 Å². The Kier molecular flexibility index (Phi) is 6.09. The molecule has 0 radical (unpaired) electrons. The Labute approximate surface area is 196 Å². The lowest BCUT2D eigenvalue weighted by molar-refractivity contribution is -0.138. The van der Waals surface area contributed by atoms with E-state index in [1.165, 1.54) is 24.1 Å². The van der Waals surface area contributed by atoms with Crippen LogP contribution in [0.5, 0.6) is 0 Å². The molecule has 0 amide bonds. The van der Waals surface area contributed by atoms with E-state index in [1.54, 1.807) is 24.3 Å². The number of nitrogens with zero attached hydrogens (tertiary/aromatic N) is 1. The minimum absolute atomic E-state index is 0.0197. The third-order valence-electron chi connectivity index (χ3n) is 5.83. The Hall–Kier alpha value is -3.07. The number of Topliss-reactive ketones (excluding diaryl/α,β-unsaturated/α-hetero) is 1. The Morgan fingerprint density at radius 3 is 2.48 bits per heavy atom. The first-order valence-corrected chi connectivity index (χ1v) is 11.0. The van der Waals surface area contributed by atoms with Crippen LogP contribution < -0.4 is 10.6 Å². The van der Waals surface area contributed by atoms with Crippen LogP contribution in [0.2, 0.25) is 0 Å². The van der Waals surface area contributed by atoms with Gasteiger partial charge in [0, 0.05) is 27.9 Å². The number of anilines is 1. The van der Waals surface area contributed by atoms with Gasteiger partial charge in [0.1, 0.15) is 5.82 Å². The van der Waals surface area contributed by atoms with Gasteiger partial charge in [0.05, 0.1) is 24.2 Å². The molecule has 0 bridgehead atoms. The van der Waals surface area contributed by atoms with Crippen LogP contribution in [0.15, 0.2) is 75.7 Å². The zero-order valence-corrected chi connectivity index (χ0v) is 19.2. The van der Waals surface area contributed by atoms with Gasteiger partial charge in [-0.25, -0.2) is 4.79 Å². The van der Waals surface area contributed by atoms with Gasteiger partial charge < -0.3 is 10.5 Å². The molecule has 1 aliphatic carbocycles. The first kappa shape index (κ1) is 23.1. The van der Waals surface area contributed by atoms with Crippen LogP contribution in [0.4, 0.5) is 18.9 Å². The number of methoxy groups -OCH3 is 1. The zero-order chi connectivity index (χ0) is 23.9. The quantitative estimate of drug-likeness (QED) is 0.547. The number of carbonyl (C=O) groups excluding carboxylic acids is 2. The summed E-state index contributed by atoms with van der Waals surface area (Å²) in [4.78, 5) is 27.5. The number of alkyl halides is 3. The number of ketones is 1. The second-order valence-electron chi connectivity index (χ2n) is 7.80. The monoisotopic (exact) mass is 520 g/mol. The average molecular weight is 521 g/mol. The molecule has 1 heterocycles. The molecule has 2 aliphatic rings. The lowest BCUT2D eigenvalue weighted by Gasteiger charge is -2.40. The van der Waals surface area contributed by atoms with Crippen molar-refractivity contribution in [1.82, 2.24) is 0 Å². The van der Waals surface area contributed by atoms with E-state index in [9.17, 15) is 22.8 Å². The average Bonchev–Trinajstić information content (AvgIpc) is 2.78. The Balaban J connectivity index is 1.99. The summed E-state index contributed by atoms with van der Waals surface area (Å²) in [5.41, 5.74) is 7.28. The lowest BCUT2D eigenvalue weighted by atomic mass is 9.75. The molecule has 5 nitrogen and oxygen atoms in total. The van der Waals surface area contributed by atoms with Crippen LogP contribution in [0.3, 0.4) is 0 Å². The number of esters is 1. The standard InChI is InChI=1S/C24H20BrF3N2O3/c1-33-23(32)21-19(13-8-10-15(25)11-9-13)20-17(6-3-7-18(20)31)30(22(21)29)16-5-2-4-14(12-16)24(26,27)28/h2,4-5,8-12,19H,3,6-7,29H2,1H3/t19-/m0/s1. The summed E-state index contributed by atoms with van der Waals surface area (Å²) in [7, 11) is 1.20. The highest BCUT2D eigenvalue weighted by Gasteiger charge is 2.43. The third kappa shape index (κ3) is 4.17. The molecule has 1 aliphatic heterocycles. The molecule has 1 atom stereocenters. The molecule has 0 saturated heterocycles. The summed E-state index contributed by atoms with van der Waals surface area (Å²) >= 11 is 3.38. The number of hydrogen-bond donors (Lipinski definition) is 1. The predicted octanol–water partition coefficient (Wildman–Crippen LogP) is 5.42. The molecule has 2 N–H and O–H groups in total. The minimum atomic E-state index is -4.56. The Morgan fingerprint density at radius 1 is 1.15 bits per heavy atom. The van der Waals surface area contributed by atoms with E-state index in [2.05, 4.69) is 15.9 Å². The predicted molar refractivity (Wildman–Crippen MR) is 120 cm³/mol. The molecule has 0 saturated carbocycles. The van der Waals surface area contributed by atoms with E-state index >= 15 is 0 Å². The summed E-state index contributed by atoms with van der Waals surface area (Å²) in [6, 6.07) is 11.8. The van der Waals surface area contributed by atoms with Crippen molar-refractivity contribution in [2.45, 2.75) is 31.4 Å². The summed E-state index contributed by atoms with van der Waals surface area (Å²) in [5.74, 6) is -1.75. The topological polar surface area (TPSA) is 72.6 Å². The molecule has 2 aromatic rings. The van der Waals surface area contributed by atoms with E-state index in [-0.39, 0.29) is 29.3 Å². The van der Waals surface area contributed by atoms with Crippen molar-refractivity contribution < 1.29 is 27.5 Å². The summed E-state index contributed by atoms with van der Waals surface area (Å²) < 4.78 is 46.0.